The van der Waals surface area contributed by atoms with Gasteiger partial charge >= 0.3 is 0 Å². The molecule has 2 heterocycles. The molecule has 0 spiro atoms. The van der Waals surface area contributed by atoms with E-state index in [9.17, 15) is 9.90 Å². The maximum atomic E-state index is 12.3. The molecule has 8 heteroatoms. The number of rotatable bonds is 3. The largest absolute Gasteiger partial charge is 0.508 e. The number of aromatic nitrogens is 5. The van der Waals surface area contributed by atoms with Gasteiger partial charge in [-0.05, 0) is 24.3 Å². The molecule has 118 valence electrons. The lowest BCUT2D eigenvalue weighted by Crippen LogP contribution is -2.13. The van der Waals surface area contributed by atoms with Gasteiger partial charge in [0, 0.05) is 11.5 Å². The van der Waals surface area contributed by atoms with Crippen LogP contribution in [0.5, 0.6) is 5.75 Å². The summed E-state index contributed by atoms with van der Waals surface area (Å²) in [5.41, 5.74) is 1.56. The van der Waals surface area contributed by atoms with Gasteiger partial charge in [-0.2, -0.15) is 15.0 Å². The van der Waals surface area contributed by atoms with Gasteiger partial charge in [0.25, 0.3) is 5.91 Å². The Balaban J connectivity index is 1.59. The third-order valence-corrected chi connectivity index (χ3v) is 3.49. The monoisotopic (exact) mass is 320 g/mol. The Morgan fingerprint density at radius 2 is 2.00 bits per heavy atom. The summed E-state index contributed by atoms with van der Waals surface area (Å²) in [6.07, 6.45) is 1.39. The molecule has 0 aliphatic rings. The number of aromatic amines is 1. The molecule has 8 nitrogen and oxygen atoms in total. The second kappa shape index (κ2) is 5.51. The van der Waals surface area contributed by atoms with Crippen molar-refractivity contribution in [1.82, 2.24) is 25.2 Å². The zero-order valence-corrected chi connectivity index (χ0v) is 12.3. The number of aromatic hydroxyl groups is 1. The third-order valence-electron chi connectivity index (χ3n) is 3.49. The molecule has 1 amide bonds. The zero-order chi connectivity index (χ0) is 16.5. The minimum atomic E-state index is -0.418. The van der Waals surface area contributed by atoms with Crippen molar-refractivity contribution in [2.75, 3.05) is 5.32 Å². The van der Waals surface area contributed by atoms with Gasteiger partial charge < -0.3 is 10.4 Å². The van der Waals surface area contributed by atoms with Gasteiger partial charge in [0.1, 0.15) is 5.75 Å². The Labute approximate surface area is 135 Å². The predicted octanol–water partition coefficient (Wildman–Crippen LogP) is 2.10. The number of phenols is 1. The van der Waals surface area contributed by atoms with Gasteiger partial charge in [0.15, 0.2) is 11.5 Å². The quantitative estimate of drug-likeness (QED) is 0.535. The first-order valence-electron chi connectivity index (χ1n) is 7.17. The Morgan fingerprint density at radius 3 is 2.83 bits per heavy atom. The molecular weight excluding hydrogens is 308 g/mol. The van der Waals surface area contributed by atoms with E-state index in [0.29, 0.717) is 16.7 Å². The molecule has 0 bridgehead atoms. The van der Waals surface area contributed by atoms with Crippen LogP contribution in [0, 0.1) is 0 Å². The molecular formula is C16H12N6O2. The van der Waals surface area contributed by atoms with Crippen LogP contribution in [0.2, 0.25) is 0 Å². The number of hydrogen-bond donors (Lipinski definition) is 3. The summed E-state index contributed by atoms with van der Waals surface area (Å²) in [7, 11) is 0. The van der Waals surface area contributed by atoms with Crippen molar-refractivity contribution >= 4 is 22.6 Å². The van der Waals surface area contributed by atoms with Crippen molar-refractivity contribution in [2.24, 2.45) is 0 Å². The molecule has 0 aliphatic heterocycles. The van der Waals surface area contributed by atoms with E-state index in [2.05, 4.69) is 25.7 Å². The highest BCUT2D eigenvalue weighted by molar-refractivity contribution is 6.06. The maximum Gasteiger partial charge on any atom is 0.279 e. The number of anilines is 1. The summed E-state index contributed by atoms with van der Waals surface area (Å²) in [6, 6.07) is 14.0. The maximum absolute atomic E-state index is 12.3. The SMILES string of the molecule is O=C(Nc1n[nH]c2cc(O)ccc12)c1cnn(-c2ccccc2)n1. The van der Waals surface area contributed by atoms with Crippen LogP contribution in [0.1, 0.15) is 10.5 Å². The van der Waals surface area contributed by atoms with Crippen molar-refractivity contribution in [3.05, 3.63) is 60.4 Å². The van der Waals surface area contributed by atoms with Crippen molar-refractivity contribution in [3.63, 3.8) is 0 Å². The fourth-order valence-corrected chi connectivity index (χ4v) is 2.33. The average Bonchev–Trinajstić information content (AvgIpc) is 3.23. The average molecular weight is 320 g/mol. The fraction of sp³-hybridized carbons (Fsp3) is 0. The van der Waals surface area contributed by atoms with Gasteiger partial charge in [0.05, 0.1) is 17.4 Å². The topological polar surface area (TPSA) is 109 Å². The van der Waals surface area contributed by atoms with Crippen LogP contribution in [0.3, 0.4) is 0 Å². The van der Waals surface area contributed by atoms with Crippen LogP contribution < -0.4 is 5.32 Å². The standard InChI is InChI=1S/C16H12N6O2/c23-11-6-7-12-13(8-11)19-20-15(12)18-16(24)14-9-17-22(21-14)10-4-2-1-3-5-10/h1-9,23H,(H2,18,19,20,24). The van der Waals surface area contributed by atoms with Crippen LogP contribution in [0.4, 0.5) is 5.82 Å². The summed E-state index contributed by atoms with van der Waals surface area (Å²) in [5, 5.41) is 27.9. The van der Waals surface area contributed by atoms with Crippen molar-refractivity contribution in [3.8, 4) is 11.4 Å². The third kappa shape index (κ3) is 2.45. The van der Waals surface area contributed by atoms with Gasteiger partial charge in [0.2, 0.25) is 0 Å². The number of nitrogens with zero attached hydrogens (tertiary/aromatic N) is 4. The summed E-state index contributed by atoms with van der Waals surface area (Å²) >= 11 is 0. The molecule has 24 heavy (non-hydrogen) atoms. The van der Waals surface area contributed by atoms with E-state index in [1.807, 2.05) is 30.3 Å². The van der Waals surface area contributed by atoms with Crippen molar-refractivity contribution < 1.29 is 9.90 Å². The molecule has 0 fully saturated rings. The van der Waals surface area contributed by atoms with Crippen molar-refractivity contribution in [2.45, 2.75) is 0 Å². The minimum absolute atomic E-state index is 0.120. The number of carbonyl (C=O) groups is 1. The minimum Gasteiger partial charge on any atom is -0.508 e. The highest BCUT2D eigenvalue weighted by atomic mass is 16.3. The van der Waals surface area contributed by atoms with E-state index >= 15 is 0 Å². The Hall–Kier alpha value is -3.68. The number of para-hydroxylation sites is 1. The molecule has 0 radical (unpaired) electrons. The summed E-state index contributed by atoms with van der Waals surface area (Å²) in [6.45, 7) is 0. The molecule has 0 aliphatic carbocycles. The van der Waals surface area contributed by atoms with Gasteiger partial charge in [-0.1, -0.05) is 18.2 Å². The smallest absolute Gasteiger partial charge is 0.279 e. The second-order valence-electron chi connectivity index (χ2n) is 5.11. The Bertz CT molecular complexity index is 1020. The molecule has 0 atom stereocenters. The van der Waals surface area contributed by atoms with Crippen LogP contribution >= 0.6 is 0 Å². The van der Waals surface area contributed by atoms with E-state index < -0.39 is 5.91 Å². The summed E-state index contributed by atoms with van der Waals surface area (Å²) in [5.74, 6) is 0.0674. The normalized spacial score (nSPS) is 10.8. The molecule has 2 aromatic heterocycles. The second-order valence-corrected chi connectivity index (χ2v) is 5.11. The first-order valence-corrected chi connectivity index (χ1v) is 7.17. The first kappa shape index (κ1) is 13.9. The molecule has 3 N–H and O–H groups in total. The molecule has 4 aromatic rings. The molecule has 2 aromatic carbocycles. The number of amides is 1. The summed E-state index contributed by atoms with van der Waals surface area (Å²) in [4.78, 5) is 13.7. The number of phenolic OH excluding ortho intramolecular Hbond substituents is 1. The van der Waals surface area contributed by atoms with Crippen LogP contribution in [0.15, 0.2) is 54.7 Å². The first-order chi connectivity index (χ1) is 11.7. The fourth-order valence-electron chi connectivity index (χ4n) is 2.33. The predicted molar refractivity (Wildman–Crippen MR) is 87.1 cm³/mol. The number of fused-ring (bicyclic) bond motifs is 1. The van der Waals surface area contributed by atoms with Gasteiger partial charge in [-0.15, -0.1) is 5.10 Å². The number of carbonyl (C=O) groups excluding carboxylic acids is 1. The lowest BCUT2D eigenvalue weighted by atomic mass is 10.2. The summed E-state index contributed by atoms with van der Waals surface area (Å²) < 4.78 is 0. The number of hydrogen-bond acceptors (Lipinski definition) is 5. The van der Waals surface area contributed by atoms with E-state index in [0.717, 1.165) is 5.69 Å². The Kier molecular flexibility index (Phi) is 3.20. The highest BCUT2D eigenvalue weighted by Gasteiger charge is 2.15. The van der Waals surface area contributed by atoms with Crippen molar-refractivity contribution in [1.29, 1.82) is 0 Å². The van der Waals surface area contributed by atoms with E-state index in [-0.39, 0.29) is 11.4 Å². The van der Waals surface area contributed by atoms with Crippen LogP contribution in [-0.4, -0.2) is 36.2 Å². The lowest BCUT2D eigenvalue weighted by Gasteiger charge is -2.00. The molecule has 0 unspecified atom stereocenters. The van der Waals surface area contributed by atoms with E-state index in [4.69, 9.17) is 0 Å². The molecule has 4 rings (SSSR count). The van der Waals surface area contributed by atoms with E-state index in [1.165, 1.54) is 23.1 Å². The van der Waals surface area contributed by atoms with Gasteiger partial charge in [-0.25, -0.2) is 0 Å². The molecule has 0 saturated carbocycles. The number of nitrogens with one attached hydrogen (secondary N) is 2. The highest BCUT2D eigenvalue weighted by Crippen LogP contribution is 2.24. The molecule has 0 saturated heterocycles. The van der Waals surface area contributed by atoms with Crippen LogP contribution in [0.25, 0.3) is 16.6 Å². The van der Waals surface area contributed by atoms with Gasteiger partial charge in [-0.3, -0.25) is 9.89 Å². The number of H-pyrrole nitrogens is 1. The lowest BCUT2D eigenvalue weighted by molar-refractivity contribution is 0.102. The Morgan fingerprint density at radius 1 is 1.17 bits per heavy atom. The zero-order valence-electron chi connectivity index (χ0n) is 12.3. The number of benzene rings is 2. The van der Waals surface area contributed by atoms with Crippen LogP contribution in [-0.2, 0) is 0 Å². The van der Waals surface area contributed by atoms with E-state index in [1.54, 1.807) is 6.07 Å².